The molecule has 0 unspecified atom stereocenters. The molecule has 1 aromatic heterocycles. The number of hydrazine groups is 1. The molecule has 29 heavy (non-hydrogen) atoms. The molecule has 2 amide bonds. The van der Waals surface area contributed by atoms with Gasteiger partial charge in [0.05, 0.1) is 11.2 Å². The Morgan fingerprint density at radius 3 is 2.28 bits per heavy atom. The van der Waals surface area contributed by atoms with Crippen LogP contribution in [0.1, 0.15) is 41.8 Å². The van der Waals surface area contributed by atoms with Gasteiger partial charge in [-0.3, -0.25) is 20.4 Å². The van der Waals surface area contributed by atoms with Gasteiger partial charge in [0, 0.05) is 19.2 Å². The smallest absolute Gasteiger partial charge is 0.305 e. The van der Waals surface area contributed by atoms with E-state index in [0.29, 0.717) is 18.7 Å². The van der Waals surface area contributed by atoms with Gasteiger partial charge in [0.1, 0.15) is 0 Å². The van der Waals surface area contributed by atoms with Crippen molar-refractivity contribution in [3.8, 4) is 0 Å². The third-order valence-electron chi connectivity index (χ3n) is 4.55. The minimum absolute atomic E-state index is 0.0792. The fourth-order valence-corrected chi connectivity index (χ4v) is 4.50. The first-order chi connectivity index (χ1) is 14.0. The fraction of sp³-hybridized carbons (Fsp3) is 0.300. The predicted molar refractivity (Wildman–Crippen MR) is 107 cm³/mol. The summed E-state index contributed by atoms with van der Waals surface area (Å²) in [6.45, 7) is 1.10. The quantitative estimate of drug-likeness (QED) is 0.573. The highest BCUT2D eigenvalue weighted by Crippen LogP contribution is 2.20. The molecular formula is C20H23N3O5S. The maximum absolute atomic E-state index is 12.8. The van der Waals surface area contributed by atoms with Crippen LogP contribution in [0.15, 0.2) is 58.1 Å². The first-order valence-electron chi connectivity index (χ1n) is 9.39. The van der Waals surface area contributed by atoms with Crippen molar-refractivity contribution in [3.63, 3.8) is 0 Å². The summed E-state index contributed by atoms with van der Waals surface area (Å²) < 4.78 is 32.0. The zero-order chi connectivity index (χ0) is 20.7. The van der Waals surface area contributed by atoms with E-state index in [1.807, 2.05) is 0 Å². The second-order valence-electron chi connectivity index (χ2n) is 6.64. The number of nitrogens with one attached hydrogen (secondary N) is 2. The van der Waals surface area contributed by atoms with Crippen LogP contribution in [0.2, 0.25) is 0 Å². The van der Waals surface area contributed by atoms with Crippen molar-refractivity contribution < 1.29 is 22.4 Å². The summed E-state index contributed by atoms with van der Waals surface area (Å²) in [5.74, 6) is -1.03. The predicted octanol–water partition coefficient (Wildman–Crippen LogP) is 2.32. The third kappa shape index (κ3) is 5.55. The summed E-state index contributed by atoms with van der Waals surface area (Å²) in [6, 6.07) is 9.38. The number of benzene rings is 1. The van der Waals surface area contributed by atoms with E-state index < -0.39 is 21.8 Å². The molecule has 0 radical (unpaired) electrons. The van der Waals surface area contributed by atoms with Gasteiger partial charge in [-0.05, 0) is 48.7 Å². The number of carbonyl (C=O) groups excluding carboxylic acids is 2. The lowest BCUT2D eigenvalue weighted by Gasteiger charge is -2.19. The first-order valence-corrected chi connectivity index (χ1v) is 10.8. The van der Waals surface area contributed by atoms with Gasteiger partial charge in [-0.15, -0.1) is 0 Å². The standard InChI is InChI=1S/C20H23N3O5S/c24-19(21-22-20(25)18-6-5-15-28-18)12-9-16-7-10-17(11-8-16)29(26,27)23-13-3-1-2-4-14-23/h5-12,15H,1-4,13-14H2,(H,21,24)(H,22,25)/b12-9+. The van der Waals surface area contributed by atoms with Crippen LogP contribution in [0.4, 0.5) is 0 Å². The molecule has 9 heteroatoms. The Balaban J connectivity index is 1.56. The highest BCUT2D eigenvalue weighted by atomic mass is 32.2. The van der Waals surface area contributed by atoms with Gasteiger partial charge in [-0.25, -0.2) is 8.42 Å². The zero-order valence-corrected chi connectivity index (χ0v) is 16.7. The number of rotatable bonds is 5. The van der Waals surface area contributed by atoms with E-state index in [1.165, 1.54) is 36.6 Å². The van der Waals surface area contributed by atoms with E-state index in [1.54, 1.807) is 22.5 Å². The van der Waals surface area contributed by atoms with Crippen molar-refractivity contribution in [2.75, 3.05) is 13.1 Å². The molecule has 154 valence electrons. The van der Waals surface area contributed by atoms with Gasteiger partial charge in [0.25, 0.3) is 5.91 Å². The molecule has 0 bridgehead atoms. The summed E-state index contributed by atoms with van der Waals surface area (Å²) in [5.41, 5.74) is 5.12. The molecule has 1 fully saturated rings. The molecule has 1 saturated heterocycles. The number of hydrogen-bond acceptors (Lipinski definition) is 5. The Bertz CT molecular complexity index is 958. The molecule has 2 aromatic rings. The van der Waals surface area contributed by atoms with E-state index >= 15 is 0 Å². The van der Waals surface area contributed by atoms with Gasteiger partial charge in [-0.1, -0.05) is 25.0 Å². The minimum Gasteiger partial charge on any atom is -0.459 e. The van der Waals surface area contributed by atoms with Crippen molar-refractivity contribution in [2.45, 2.75) is 30.6 Å². The van der Waals surface area contributed by atoms with Crippen LogP contribution in [0.3, 0.4) is 0 Å². The van der Waals surface area contributed by atoms with Crippen LogP contribution < -0.4 is 10.9 Å². The van der Waals surface area contributed by atoms with E-state index in [4.69, 9.17) is 4.42 Å². The number of furan rings is 1. The Hall–Kier alpha value is -2.91. The number of carbonyl (C=O) groups is 2. The van der Waals surface area contributed by atoms with Gasteiger partial charge in [0.2, 0.25) is 10.0 Å². The molecule has 0 aliphatic carbocycles. The molecule has 3 rings (SSSR count). The van der Waals surface area contributed by atoms with Crippen molar-refractivity contribution >= 4 is 27.9 Å². The van der Waals surface area contributed by atoms with E-state index in [0.717, 1.165) is 25.7 Å². The van der Waals surface area contributed by atoms with Crippen LogP contribution in [-0.4, -0.2) is 37.6 Å². The van der Waals surface area contributed by atoms with E-state index in [2.05, 4.69) is 10.9 Å². The molecule has 0 saturated carbocycles. The molecule has 0 spiro atoms. The van der Waals surface area contributed by atoms with Crippen molar-refractivity contribution in [2.24, 2.45) is 0 Å². The van der Waals surface area contributed by atoms with Crippen LogP contribution in [0.25, 0.3) is 6.08 Å². The number of amides is 2. The lowest BCUT2D eigenvalue weighted by molar-refractivity contribution is -0.117. The normalized spacial score (nSPS) is 15.7. The Kier molecular flexibility index (Phi) is 6.84. The average molecular weight is 417 g/mol. The molecule has 1 aliphatic rings. The van der Waals surface area contributed by atoms with E-state index in [-0.39, 0.29) is 10.7 Å². The summed E-state index contributed by atoms with van der Waals surface area (Å²) in [6.07, 6.45) is 7.99. The second-order valence-corrected chi connectivity index (χ2v) is 8.58. The minimum atomic E-state index is -3.50. The molecule has 0 atom stereocenters. The molecule has 2 heterocycles. The first kappa shape index (κ1) is 20.8. The highest BCUT2D eigenvalue weighted by molar-refractivity contribution is 7.89. The topological polar surface area (TPSA) is 109 Å². The summed E-state index contributed by atoms with van der Waals surface area (Å²) in [5, 5.41) is 0. The molecular weight excluding hydrogens is 394 g/mol. The van der Waals surface area contributed by atoms with Crippen molar-refractivity contribution in [1.82, 2.24) is 15.2 Å². The third-order valence-corrected chi connectivity index (χ3v) is 6.47. The maximum atomic E-state index is 12.8. The Morgan fingerprint density at radius 2 is 1.66 bits per heavy atom. The average Bonchev–Trinajstić information content (AvgIpc) is 3.12. The SMILES string of the molecule is O=C(/C=C/c1ccc(S(=O)(=O)N2CCCCCC2)cc1)NNC(=O)c1ccco1. The van der Waals surface area contributed by atoms with Gasteiger partial charge < -0.3 is 4.42 Å². The van der Waals surface area contributed by atoms with E-state index in [9.17, 15) is 18.0 Å². The number of hydrogen-bond donors (Lipinski definition) is 2. The lowest BCUT2D eigenvalue weighted by atomic mass is 10.2. The second kappa shape index (κ2) is 9.53. The fourth-order valence-electron chi connectivity index (χ4n) is 2.98. The van der Waals surface area contributed by atoms with Crippen molar-refractivity contribution in [3.05, 3.63) is 60.1 Å². The van der Waals surface area contributed by atoms with Gasteiger partial charge in [-0.2, -0.15) is 4.31 Å². The Morgan fingerprint density at radius 1 is 0.966 bits per heavy atom. The highest BCUT2D eigenvalue weighted by Gasteiger charge is 2.24. The summed E-state index contributed by atoms with van der Waals surface area (Å²) >= 11 is 0. The molecule has 8 nitrogen and oxygen atoms in total. The Labute approximate surface area is 169 Å². The van der Waals surface area contributed by atoms with Crippen LogP contribution >= 0.6 is 0 Å². The summed E-state index contributed by atoms with van der Waals surface area (Å²) in [7, 11) is -3.50. The van der Waals surface area contributed by atoms with Crippen molar-refractivity contribution in [1.29, 1.82) is 0 Å². The number of nitrogens with zero attached hydrogens (tertiary/aromatic N) is 1. The largest absolute Gasteiger partial charge is 0.459 e. The zero-order valence-electron chi connectivity index (χ0n) is 15.8. The van der Waals surface area contributed by atoms with Gasteiger partial charge in [0.15, 0.2) is 5.76 Å². The molecule has 1 aliphatic heterocycles. The molecule has 2 N–H and O–H groups in total. The number of sulfonamides is 1. The summed E-state index contributed by atoms with van der Waals surface area (Å²) in [4.78, 5) is 23.7. The molecule has 1 aromatic carbocycles. The lowest BCUT2D eigenvalue weighted by Crippen LogP contribution is -2.40. The monoisotopic (exact) mass is 417 g/mol. The van der Waals surface area contributed by atoms with Crippen LogP contribution in [0.5, 0.6) is 0 Å². The van der Waals surface area contributed by atoms with Crippen LogP contribution in [0, 0.1) is 0 Å². The maximum Gasteiger partial charge on any atom is 0.305 e. The van der Waals surface area contributed by atoms with Gasteiger partial charge >= 0.3 is 5.91 Å². The van der Waals surface area contributed by atoms with Crippen LogP contribution in [-0.2, 0) is 14.8 Å².